The quantitative estimate of drug-likeness (QED) is 0.532. The van der Waals surface area contributed by atoms with Gasteiger partial charge in [-0.2, -0.15) is 0 Å². The molecule has 1 aromatic heterocycles. The van der Waals surface area contributed by atoms with Crippen LogP contribution in [0.2, 0.25) is 0 Å². The van der Waals surface area contributed by atoms with Gasteiger partial charge in [-0.3, -0.25) is 4.90 Å². The second kappa shape index (κ2) is 11.7. The van der Waals surface area contributed by atoms with Crippen molar-refractivity contribution in [3.8, 4) is 5.75 Å². The molecule has 2 aliphatic heterocycles. The lowest BCUT2D eigenvalue weighted by Gasteiger charge is -2.41. The lowest BCUT2D eigenvalue weighted by Crippen LogP contribution is -2.53. The number of piperazine rings is 1. The summed E-state index contributed by atoms with van der Waals surface area (Å²) in [7, 11) is 0. The number of ether oxygens (including phenoxy) is 2. The summed E-state index contributed by atoms with van der Waals surface area (Å²) >= 11 is 0. The predicted molar refractivity (Wildman–Crippen MR) is 136 cm³/mol. The minimum Gasteiger partial charge on any atom is -0.406 e. The Morgan fingerprint density at radius 2 is 1.79 bits per heavy atom. The van der Waals surface area contributed by atoms with Gasteiger partial charge in [0.05, 0.1) is 0 Å². The fourth-order valence-corrected chi connectivity index (χ4v) is 5.84. The summed E-state index contributed by atoms with van der Waals surface area (Å²) < 4.78 is 47.4. The maximum absolute atomic E-state index is 12.6. The number of aromatic nitrogens is 2. The van der Waals surface area contributed by atoms with Crippen LogP contribution in [0.25, 0.3) is 0 Å². The lowest BCUT2D eigenvalue weighted by molar-refractivity contribution is -0.274. The average molecular weight is 536 g/mol. The predicted octanol–water partition coefficient (Wildman–Crippen LogP) is 3.42. The van der Waals surface area contributed by atoms with E-state index in [2.05, 4.69) is 36.7 Å². The van der Waals surface area contributed by atoms with Gasteiger partial charge < -0.3 is 24.8 Å². The number of anilines is 1. The number of alkyl halides is 3. The van der Waals surface area contributed by atoms with Gasteiger partial charge in [-0.15, -0.1) is 13.2 Å². The molecule has 0 amide bonds. The Morgan fingerprint density at radius 1 is 1.08 bits per heavy atom. The highest BCUT2D eigenvalue weighted by Crippen LogP contribution is 2.37. The number of fused-ring (bicyclic) bond motifs is 1. The summed E-state index contributed by atoms with van der Waals surface area (Å²) in [4.78, 5) is 13.4. The van der Waals surface area contributed by atoms with Crippen molar-refractivity contribution in [1.29, 1.82) is 0 Å². The van der Waals surface area contributed by atoms with E-state index in [0.29, 0.717) is 38.8 Å². The molecule has 0 spiro atoms. The average Bonchev–Trinajstić information content (AvgIpc) is 3.30. The number of rotatable bonds is 8. The lowest BCUT2D eigenvalue weighted by atomic mass is 9.94. The van der Waals surface area contributed by atoms with E-state index in [1.807, 2.05) is 0 Å². The monoisotopic (exact) mass is 535 g/mol. The molecule has 3 aliphatic rings. The largest absolute Gasteiger partial charge is 0.573 e. The fraction of sp³-hybridized carbons (Fsp3) is 0.630. The summed E-state index contributed by atoms with van der Waals surface area (Å²) in [6.45, 7) is 6.87. The van der Waals surface area contributed by atoms with Gasteiger partial charge in [-0.25, -0.2) is 9.97 Å². The first-order valence-electron chi connectivity index (χ1n) is 13.5. The third-order valence-electron chi connectivity index (χ3n) is 7.99. The van der Waals surface area contributed by atoms with Crippen LogP contribution in [0.1, 0.15) is 54.8 Å². The van der Waals surface area contributed by atoms with Gasteiger partial charge in [0.15, 0.2) is 0 Å². The molecule has 3 atom stereocenters. The van der Waals surface area contributed by atoms with E-state index in [-0.39, 0.29) is 17.7 Å². The molecule has 0 saturated carbocycles. The van der Waals surface area contributed by atoms with Gasteiger partial charge >= 0.3 is 6.36 Å². The molecule has 2 saturated heterocycles. The van der Waals surface area contributed by atoms with E-state index in [1.165, 1.54) is 17.7 Å². The van der Waals surface area contributed by atoms with E-state index >= 15 is 0 Å². The van der Waals surface area contributed by atoms with Gasteiger partial charge in [0.2, 0.25) is 0 Å². The Bertz CT molecular complexity index is 1060. The number of aryl methyl sites for hydroxylation is 1. The first-order valence-corrected chi connectivity index (χ1v) is 13.5. The Labute approximate surface area is 221 Å². The van der Waals surface area contributed by atoms with E-state index < -0.39 is 12.6 Å². The molecule has 0 radical (unpaired) electrons. The molecule has 1 aliphatic carbocycles. The van der Waals surface area contributed by atoms with Gasteiger partial charge in [0, 0.05) is 69.2 Å². The number of benzene rings is 1. The van der Waals surface area contributed by atoms with Crippen LogP contribution in [-0.4, -0.2) is 84.5 Å². The molecule has 5 rings (SSSR count). The zero-order valence-electron chi connectivity index (χ0n) is 21.7. The zero-order valence-corrected chi connectivity index (χ0v) is 21.7. The number of halogens is 3. The fourth-order valence-electron chi connectivity index (χ4n) is 5.84. The normalized spacial score (nSPS) is 22.8. The highest BCUT2D eigenvalue weighted by atomic mass is 19.4. The number of aliphatic hydroxyl groups is 1. The van der Waals surface area contributed by atoms with Crippen LogP contribution < -0.4 is 15.0 Å². The molecule has 11 heteroatoms. The van der Waals surface area contributed by atoms with Gasteiger partial charge in [-0.1, -0.05) is 19.1 Å². The molecule has 1 aromatic carbocycles. The number of nitrogens with zero attached hydrogens (tertiary/aromatic N) is 4. The minimum atomic E-state index is -4.74. The van der Waals surface area contributed by atoms with Crippen LogP contribution in [0.4, 0.5) is 19.0 Å². The van der Waals surface area contributed by atoms with Crippen molar-refractivity contribution in [3.05, 3.63) is 47.4 Å². The maximum atomic E-state index is 12.6. The molecular weight excluding hydrogens is 499 g/mol. The molecule has 38 heavy (non-hydrogen) atoms. The Morgan fingerprint density at radius 3 is 2.47 bits per heavy atom. The van der Waals surface area contributed by atoms with Crippen LogP contribution in [0.15, 0.2) is 30.6 Å². The first-order chi connectivity index (χ1) is 18.3. The SMILES string of the molecule is C[C@@H]1CCc2ncnc(N3CCN(C(O)C(CNC4CCOCC4)c4ccc(OC(F)(F)F)cc4)CC3)c21. The van der Waals surface area contributed by atoms with Crippen molar-refractivity contribution in [2.24, 2.45) is 0 Å². The summed E-state index contributed by atoms with van der Waals surface area (Å²) in [6, 6.07) is 6.13. The van der Waals surface area contributed by atoms with E-state index in [1.54, 1.807) is 18.5 Å². The summed E-state index contributed by atoms with van der Waals surface area (Å²) in [5, 5.41) is 15.1. The number of hydrogen-bond acceptors (Lipinski definition) is 8. The summed E-state index contributed by atoms with van der Waals surface area (Å²) in [5.74, 6) is 0.849. The Hall–Kier alpha value is -2.47. The van der Waals surface area contributed by atoms with Crippen LogP contribution in [0.5, 0.6) is 5.75 Å². The second-order valence-electron chi connectivity index (χ2n) is 10.5. The standard InChI is InChI=1S/C27H36F3N5O3/c1-18-2-7-23-24(18)25(33-17-32-23)34-10-12-35(13-11-34)26(36)22(16-31-20-8-14-37-15-9-20)19-3-5-21(6-4-19)38-27(28,29)30/h3-6,17-18,20,22,26,31,36H,2,7-16H2,1H3/t18-,22?,26?/m1/s1. The van der Waals surface area contributed by atoms with E-state index in [9.17, 15) is 18.3 Å². The third kappa shape index (κ3) is 6.39. The summed E-state index contributed by atoms with van der Waals surface area (Å²) in [6.07, 6.45) is -0.0329. The molecule has 2 unspecified atom stereocenters. The molecule has 2 fully saturated rings. The van der Waals surface area contributed by atoms with E-state index in [4.69, 9.17) is 4.74 Å². The molecular formula is C27H36F3N5O3. The maximum Gasteiger partial charge on any atom is 0.573 e. The highest BCUT2D eigenvalue weighted by Gasteiger charge is 2.34. The number of hydrogen-bond donors (Lipinski definition) is 2. The van der Waals surface area contributed by atoms with Crippen LogP contribution in [0, 0.1) is 0 Å². The van der Waals surface area contributed by atoms with Gasteiger partial charge in [0.1, 0.15) is 24.1 Å². The molecule has 2 N–H and O–H groups in total. The van der Waals surface area contributed by atoms with Gasteiger partial charge in [0.25, 0.3) is 0 Å². The topological polar surface area (TPSA) is 83.0 Å². The van der Waals surface area contributed by atoms with Gasteiger partial charge in [-0.05, 0) is 49.3 Å². The highest BCUT2D eigenvalue weighted by molar-refractivity contribution is 5.52. The minimum absolute atomic E-state index is 0.271. The van der Waals surface area contributed by atoms with Crippen molar-refractivity contribution >= 4 is 5.82 Å². The van der Waals surface area contributed by atoms with Crippen LogP contribution in [0.3, 0.4) is 0 Å². The van der Waals surface area contributed by atoms with Crippen molar-refractivity contribution in [1.82, 2.24) is 20.2 Å². The molecule has 208 valence electrons. The van der Waals surface area contributed by atoms with Crippen LogP contribution in [-0.2, 0) is 11.2 Å². The third-order valence-corrected chi connectivity index (χ3v) is 7.99. The zero-order chi connectivity index (χ0) is 26.7. The van der Waals surface area contributed by atoms with Crippen molar-refractivity contribution in [2.75, 3.05) is 50.8 Å². The Balaban J connectivity index is 1.27. The van der Waals surface area contributed by atoms with Crippen molar-refractivity contribution < 1.29 is 27.8 Å². The summed E-state index contributed by atoms with van der Waals surface area (Å²) in [5.41, 5.74) is 3.15. The van der Waals surface area contributed by atoms with E-state index in [0.717, 1.165) is 55.8 Å². The van der Waals surface area contributed by atoms with Crippen molar-refractivity contribution in [2.45, 2.75) is 63.1 Å². The Kier molecular flexibility index (Phi) is 8.37. The molecule has 2 aromatic rings. The second-order valence-corrected chi connectivity index (χ2v) is 10.5. The number of aliphatic hydroxyl groups excluding tert-OH is 1. The number of nitrogens with one attached hydrogen (secondary N) is 1. The smallest absolute Gasteiger partial charge is 0.406 e. The molecule has 0 bridgehead atoms. The van der Waals surface area contributed by atoms with Crippen LogP contribution >= 0.6 is 0 Å². The molecule has 3 heterocycles. The first kappa shape index (κ1) is 27.1. The molecule has 8 nitrogen and oxygen atoms in total. The van der Waals surface area contributed by atoms with Crippen molar-refractivity contribution in [3.63, 3.8) is 0 Å².